The third-order valence-corrected chi connectivity index (χ3v) is 2.58. The van der Waals surface area contributed by atoms with E-state index in [1.54, 1.807) is 6.92 Å². The molecule has 0 aliphatic rings. The van der Waals surface area contributed by atoms with Crippen molar-refractivity contribution in [3.05, 3.63) is 42.0 Å². The van der Waals surface area contributed by atoms with Crippen LogP contribution in [0.4, 0.5) is 0 Å². The Kier molecular flexibility index (Phi) is 3.77. The zero-order valence-electron chi connectivity index (χ0n) is 7.87. The lowest BCUT2D eigenvalue weighted by atomic mass is 10.2. The van der Waals surface area contributed by atoms with E-state index in [1.165, 1.54) is 17.3 Å². The van der Waals surface area contributed by atoms with Crippen molar-refractivity contribution >= 4 is 21.7 Å². The van der Waals surface area contributed by atoms with Crippen molar-refractivity contribution in [2.24, 2.45) is 0 Å². The van der Waals surface area contributed by atoms with Crippen LogP contribution in [0.25, 0.3) is 4.91 Å². The lowest BCUT2D eigenvalue weighted by Crippen LogP contribution is -1.83. The molecule has 0 amide bonds. The molecule has 1 aromatic carbocycles. The molecule has 1 nitrogen and oxygen atoms in total. The largest absolute Gasteiger partial charge is 0.298 e. The van der Waals surface area contributed by atoms with Crippen LogP contribution in [0.2, 0.25) is 0 Å². The second-order valence-corrected chi connectivity index (χ2v) is 3.93. The summed E-state index contributed by atoms with van der Waals surface area (Å²) in [5, 5.41) is 8.02. The summed E-state index contributed by atoms with van der Waals surface area (Å²) in [6.07, 6.45) is 2.04. The topological polar surface area (TPSA) is 23.9 Å². The molecule has 0 saturated heterocycles. The monoisotopic (exact) mass is 191 g/mol. The first-order valence-corrected chi connectivity index (χ1v) is 5.00. The van der Waals surface area contributed by atoms with E-state index in [0.29, 0.717) is 5.04 Å². The highest BCUT2D eigenvalue weighted by Crippen LogP contribution is 2.27. The number of hydrogen-bond donors (Lipinski definition) is 1. The second-order valence-electron chi connectivity index (χ2n) is 2.68. The van der Waals surface area contributed by atoms with E-state index in [9.17, 15) is 0 Å². The zero-order valence-corrected chi connectivity index (χ0v) is 8.69. The zero-order chi connectivity index (χ0) is 9.68. The molecule has 68 valence electrons. The van der Waals surface area contributed by atoms with Crippen molar-refractivity contribution in [3.63, 3.8) is 0 Å². The fourth-order valence-corrected chi connectivity index (χ4v) is 1.75. The van der Waals surface area contributed by atoms with E-state index in [0.717, 1.165) is 4.91 Å². The number of rotatable bonds is 2. The maximum atomic E-state index is 7.40. The van der Waals surface area contributed by atoms with Gasteiger partial charge in [-0.1, -0.05) is 48.2 Å². The van der Waals surface area contributed by atoms with Crippen LogP contribution in [0.15, 0.2) is 36.4 Å². The molecular weight excluding hydrogens is 178 g/mol. The molecule has 1 rings (SSSR count). The van der Waals surface area contributed by atoms with E-state index >= 15 is 0 Å². The molecule has 0 radical (unpaired) electrons. The van der Waals surface area contributed by atoms with Crippen molar-refractivity contribution in [1.29, 1.82) is 5.41 Å². The Labute approximate surface area is 83.4 Å². The third-order valence-electron chi connectivity index (χ3n) is 1.58. The molecule has 2 heteroatoms. The minimum atomic E-state index is 0.622. The maximum Gasteiger partial charge on any atom is 0.0658 e. The molecular formula is C11H13NS. The molecule has 0 aromatic heterocycles. The van der Waals surface area contributed by atoms with Crippen molar-refractivity contribution in [3.8, 4) is 0 Å². The van der Waals surface area contributed by atoms with Gasteiger partial charge in [-0.05, 0) is 19.4 Å². The summed E-state index contributed by atoms with van der Waals surface area (Å²) in [6.45, 7) is 3.80. The predicted octanol–water partition coefficient (Wildman–Crippen LogP) is 3.78. The van der Waals surface area contributed by atoms with Gasteiger partial charge in [0.05, 0.1) is 5.04 Å². The lowest BCUT2D eigenvalue weighted by Gasteiger charge is -2.04. The Balaban J connectivity index is 2.86. The fraction of sp³-hybridized carbons (Fsp3) is 0.182. The van der Waals surface area contributed by atoms with Crippen molar-refractivity contribution in [1.82, 2.24) is 0 Å². The molecule has 0 atom stereocenters. The van der Waals surface area contributed by atoms with Crippen LogP contribution < -0.4 is 0 Å². The summed E-state index contributed by atoms with van der Waals surface area (Å²) in [5.74, 6) is 0. The quantitative estimate of drug-likeness (QED) is 0.558. The highest BCUT2D eigenvalue weighted by atomic mass is 32.2. The SMILES string of the molecule is C/C=C(\SC(C)=N)c1ccccc1. The Morgan fingerprint density at radius 3 is 2.38 bits per heavy atom. The molecule has 0 spiro atoms. The highest BCUT2D eigenvalue weighted by Gasteiger charge is 2.00. The van der Waals surface area contributed by atoms with Gasteiger partial charge in [-0.3, -0.25) is 5.41 Å². The number of nitrogens with one attached hydrogen (secondary N) is 1. The van der Waals surface area contributed by atoms with Gasteiger partial charge in [0.1, 0.15) is 0 Å². The Morgan fingerprint density at radius 2 is 1.92 bits per heavy atom. The summed E-state index contributed by atoms with van der Waals surface area (Å²) < 4.78 is 0. The molecule has 0 aliphatic heterocycles. The smallest absolute Gasteiger partial charge is 0.0658 e. The van der Waals surface area contributed by atoms with Crippen LogP contribution in [0.3, 0.4) is 0 Å². The minimum Gasteiger partial charge on any atom is -0.298 e. The summed E-state index contributed by atoms with van der Waals surface area (Å²) in [4.78, 5) is 1.15. The van der Waals surface area contributed by atoms with Gasteiger partial charge in [-0.2, -0.15) is 0 Å². The second kappa shape index (κ2) is 4.87. The van der Waals surface area contributed by atoms with Gasteiger partial charge in [0.25, 0.3) is 0 Å². The van der Waals surface area contributed by atoms with Crippen molar-refractivity contribution < 1.29 is 0 Å². The van der Waals surface area contributed by atoms with Gasteiger partial charge in [0, 0.05) is 4.91 Å². The van der Waals surface area contributed by atoms with Gasteiger partial charge in [-0.25, -0.2) is 0 Å². The Morgan fingerprint density at radius 1 is 1.31 bits per heavy atom. The Bertz CT molecular complexity index is 314. The molecule has 0 heterocycles. The molecule has 0 saturated carbocycles. The molecule has 1 aromatic rings. The van der Waals surface area contributed by atoms with Crippen LogP contribution in [0.1, 0.15) is 19.4 Å². The summed E-state index contributed by atoms with van der Waals surface area (Å²) >= 11 is 1.50. The van der Waals surface area contributed by atoms with Crippen LogP contribution >= 0.6 is 11.8 Å². The van der Waals surface area contributed by atoms with Gasteiger partial charge >= 0.3 is 0 Å². The van der Waals surface area contributed by atoms with E-state index in [-0.39, 0.29) is 0 Å². The first kappa shape index (κ1) is 10.1. The van der Waals surface area contributed by atoms with Crippen LogP contribution in [0.5, 0.6) is 0 Å². The predicted molar refractivity (Wildman–Crippen MR) is 61.1 cm³/mol. The van der Waals surface area contributed by atoms with Gasteiger partial charge in [-0.15, -0.1) is 0 Å². The van der Waals surface area contributed by atoms with Crippen molar-refractivity contribution in [2.45, 2.75) is 13.8 Å². The average molecular weight is 191 g/mol. The maximum absolute atomic E-state index is 7.40. The number of hydrogen-bond acceptors (Lipinski definition) is 2. The molecule has 0 unspecified atom stereocenters. The summed E-state index contributed by atoms with van der Waals surface area (Å²) in [5.41, 5.74) is 1.18. The molecule has 13 heavy (non-hydrogen) atoms. The molecule has 1 N–H and O–H groups in total. The van der Waals surface area contributed by atoms with Crippen LogP contribution in [0, 0.1) is 5.41 Å². The third kappa shape index (κ3) is 3.07. The molecule has 0 aliphatic carbocycles. The van der Waals surface area contributed by atoms with Gasteiger partial charge < -0.3 is 0 Å². The first-order chi connectivity index (χ1) is 6.24. The number of thioether (sulfide) groups is 1. The van der Waals surface area contributed by atoms with Crippen LogP contribution in [-0.2, 0) is 0 Å². The summed E-state index contributed by atoms with van der Waals surface area (Å²) in [7, 11) is 0. The number of benzene rings is 1. The number of allylic oxidation sites excluding steroid dienone is 1. The average Bonchev–Trinajstić information content (AvgIpc) is 2.15. The minimum absolute atomic E-state index is 0.622. The normalized spacial score (nSPS) is 11.4. The standard InChI is InChI=1S/C11H13NS/c1-3-11(13-9(2)12)10-7-5-4-6-8-10/h3-8,12H,1-2H3/b11-3-,12-9?. The van der Waals surface area contributed by atoms with E-state index in [2.05, 4.69) is 12.1 Å². The summed E-state index contributed by atoms with van der Waals surface area (Å²) in [6, 6.07) is 10.1. The highest BCUT2D eigenvalue weighted by molar-refractivity contribution is 8.21. The van der Waals surface area contributed by atoms with E-state index in [1.807, 2.05) is 31.2 Å². The van der Waals surface area contributed by atoms with Gasteiger partial charge in [0.2, 0.25) is 0 Å². The van der Waals surface area contributed by atoms with Crippen molar-refractivity contribution in [2.75, 3.05) is 0 Å². The van der Waals surface area contributed by atoms with E-state index in [4.69, 9.17) is 5.41 Å². The van der Waals surface area contributed by atoms with Crippen LogP contribution in [-0.4, -0.2) is 5.04 Å². The first-order valence-electron chi connectivity index (χ1n) is 4.18. The Hall–Kier alpha value is -1.02. The van der Waals surface area contributed by atoms with Gasteiger partial charge in [0.15, 0.2) is 0 Å². The lowest BCUT2D eigenvalue weighted by molar-refractivity contribution is 1.53. The fourth-order valence-electron chi connectivity index (χ4n) is 1.05. The molecule has 0 fully saturated rings. The van der Waals surface area contributed by atoms with E-state index < -0.39 is 0 Å². The molecule has 0 bridgehead atoms.